The molecule has 2 rings (SSSR count). The fourth-order valence-corrected chi connectivity index (χ4v) is 3.65. The van der Waals surface area contributed by atoms with Gasteiger partial charge in [-0.3, -0.25) is 4.68 Å². The smallest absolute Gasteiger partial charge is 0.244 e. The van der Waals surface area contributed by atoms with Crippen molar-refractivity contribution in [1.82, 2.24) is 14.5 Å². The predicted octanol–water partition coefficient (Wildman–Crippen LogP) is 2.10. The van der Waals surface area contributed by atoms with Crippen LogP contribution in [0.15, 0.2) is 23.1 Å². The van der Waals surface area contributed by atoms with Crippen molar-refractivity contribution < 1.29 is 13.2 Å². The second-order valence-electron chi connectivity index (χ2n) is 5.64. The Bertz CT molecular complexity index is 810. The van der Waals surface area contributed by atoms with Crippen LogP contribution in [0.1, 0.15) is 22.5 Å². The minimum Gasteiger partial charge on any atom is -0.495 e. The molecule has 7 heteroatoms. The van der Waals surface area contributed by atoms with E-state index < -0.39 is 10.0 Å². The summed E-state index contributed by atoms with van der Waals surface area (Å²) < 4.78 is 34.7. The van der Waals surface area contributed by atoms with Crippen LogP contribution in [0.25, 0.3) is 0 Å². The van der Waals surface area contributed by atoms with Gasteiger partial charge in [-0.1, -0.05) is 0 Å². The standard InChI is InChI=1S/C16H23N3O3S/c1-11-8-15(22-5)16(9-12(11)2)23(20,21)17-6-7-19-14(4)10-13(3)18-19/h8-10,17H,6-7H2,1-5H3. The second-order valence-corrected chi connectivity index (χ2v) is 7.37. The topological polar surface area (TPSA) is 73.2 Å². The number of hydrogen-bond donors (Lipinski definition) is 1. The Morgan fingerprint density at radius 1 is 1.13 bits per heavy atom. The molecule has 1 aromatic heterocycles. The van der Waals surface area contributed by atoms with Crippen molar-refractivity contribution in [3.8, 4) is 5.75 Å². The summed E-state index contributed by atoms with van der Waals surface area (Å²) in [6.45, 7) is 8.40. The molecular weight excluding hydrogens is 314 g/mol. The van der Waals surface area contributed by atoms with E-state index in [0.717, 1.165) is 22.5 Å². The Morgan fingerprint density at radius 3 is 2.35 bits per heavy atom. The summed E-state index contributed by atoms with van der Waals surface area (Å²) in [5.74, 6) is 0.353. The van der Waals surface area contributed by atoms with Crippen molar-refractivity contribution >= 4 is 10.0 Å². The Morgan fingerprint density at radius 2 is 1.78 bits per heavy atom. The van der Waals surface area contributed by atoms with Gasteiger partial charge in [-0.05, 0) is 57.0 Å². The van der Waals surface area contributed by atoms with Gasteiger partial charge in [0.05, 0.1) is 19.3 Å². The molecule has 1 N–H and O–H groups in total. The molecule has 0 amide bonds. The third kappa shape index (κ3) is 3.92. The molecule has 0 aliphatic rings. The number of rotatable bonds is 6. The van der Waals surface area contributed by atoms with Gasteiger partial charge in [0.25, 0.3) is 0 Å². The molecule has 0 fully saturated rings. The van der Waals surface area contributed by atoms with Gasteiger partial charge >= 0.3 is 0 Å². The lowest BCUT2D eigenvalue weighted by molar-refractivity contribution is 0.401. The fourth-order valence-electron chi connectivity index (χ4n) is 2.40. The minimum atomic E-state index is -3.63. The minimum absolute atomic E-state index is 0.163. The van der Waals surface area contributed by atoms with E-state index in [1.165, 1.54) is 7.11 Å². The lowest BCUT2D eigenvalue weighted by Gasteiger charge is -2.13. The van der Waals surface area contributed by atoms with Gasteiger partial charge in [0, 0.05) is 12.2 Å². The maximum Gasteiger partial charge on any atom is 0.244 e. The molecule has 0 unspecified atom stereocenters. The van der Waals surface area contributed by atoms with E-state index in [9.17, 15) is 8.42 Å². The highest BCUT2D eigenvalue weighted by atomic mass is 32.2. The third-order valence-electron chi connectivity index (χ3n) is 3.79. The van der Waals surface area contributed by atoms with Crippen molar-refractivity contribution in [2.75, 3.05) is 13.7 Å². The number of nitrogens with one attached hydrogen (secondary N) is 1. The largest absolute Gasteiger partial charge is 0.495 e. The zero-order valence-corrected chi connectivity index (χ0v) is 15.0. The monoisotopic (exact) mass is 337 g/mol. The molecule has 0 saturated carbocycles. The van der Waals surface area contributed by atoms with Crippen LogP contribution in [0, 0.1) is 27.7 Å². The number of methoxy groups -OCH3 is 1. The van der Waals surface area contributed by atoms with Gasteiger partial charge in [-0.25, -0.2) is 13.1 Å². The molecule has 0 atom stereocenters. The number of ether oxygens (including phenoxy) is 1. The average Bonchev–Trinajstić information content (AvgIpc) is 2.79. The lowest BCUT2D eigenvalue weighted by Crippen LogP contribution is -2.28. The first-order valence-electron chi connectivity index (χ1n) is 7.40. The molecule has 0 spiro atoms. The number of hydrogen-bond acceptors (Lipinski definition) is 4. The van der Waals surface area contributed by atoms with E-state index in [4.69, 9.17) is 4.74 Å². The van der Waals surface area contributed by atoms with Crippen molar-refractivity contribution in [2.45, 2.75) is 39.1 Å². The molecule has 0 saturated heterocycles. The van der Waals surface area contributed by atoms with Crippen molar-refractivity contribution in [1.29, 1.82) is 0 Å². The normalized spacial score (nSPS) is 11.7. The summed E-state index contributed by atoms with van der Waals surface area (Å²) in [6.07, 6.45) is 0. The molecular formula is C16H23N3O3S. The Balaban J connectivity index is 2.16. The van der Waals surface area contributed by atoms with Crippen molar-refractivity contribution in [3.05, 3.63) is 40.7 Å². The molecule has 6 nitrogen and oxygen atoms in total. The summed E-state index contributed by atoms with van der Waals surface area (Å²) in [5.41, 5.74) is 3.82. The van der Waals surface area contributed by atoms with Crippen LogP contribution in [0.2, 0.25) is 0 Å². The summed E-state index contributed by atoms with van der Waals surface area (Å²) in [5, 5.41) is 4.32. The van der Waals surface area contributed by atoms with Gasteiger partial charge in [-0.15, -0.1) is 0 Å². The molecule has 2 aromatic rings. The SMILES string of the molecule is COc1cc(C)c(C)cc1S(=O)(=O)NCCn1nc(C)cc1C. The maximum atomic E-state index is 12.5. The predicted molar refractivity (Wildman–Crippen MR) is 89.4 cm³/mol. The molecule has 23 heavy (non-hydrogen) atoms. The van der Waals surface area contributed by atoms with Crippen LogP contribution in [-0.4, -0.2) is 31.9 Å². The van der Waals surface area contributed by atoms with Crippen LogP contribution < -0.4 is 9.46 Å². The highest BCUT2D eigenvalue weighted by molar-refractivity contribution is 7.89. The summed E-state index contributed by atoms with van der Waals surface area (Å²) in [4.78, 5) is 0.163. The van der Waals surface area contributed by atoms with E-state index in [-0.39, 0.29) is 11.4 Å². The molecule has 126 valence electrons. The Kier molecular flexibility index (Phi) is 5.11. The number of aromatic nitrogens is 2. The number of nitrogens with zero attached hydrogens (tertiary/aromatic N) is 2. The fraction of sp³-hybridized carbons (Fsp3) is 0.438. The zero-order chi connectivity index (χ0) is 17.2. The third-order valence-corrected chi connectivity index (χ3v) is 5.27. The summed E-state index contributed by atoms with van der Waals surface area (Å²) in [6, 6.07) is 5.34. The molecule has 1 aromatic carbocycles. The number of aryl methyl sites for hydroxylation is 4. The van der Waals surface area contributed by atoms with Gasteiger partial charge in [0.1, 0.15) is 10.6 Å². The maximum absolute atomic E-state index is 12.5. The average molecular weight is 337 g/mol. The molecule has 1 heterocycles. The van der Waals surface area contributed by atoms with Crippen molar-refractivity contribution in [2.24, 2.45) is 0 Å². The van der Waals surface area contributed by atoms with Crippen LogP contribution in [0.4, 0.5) is 0 Å². The van der Waals surface area contributed by atoms with Gasteiger partial charge in [0.15, 0.2) is 0 Å². The number of benzene rings is 1. The first-order valence-corrected chi connectivity index (χ1v) is 8.89. The molecule has 0 aliphatic carbocycles. The van der Waals surface area contributed by atoms with E-state index in [1.807, 2.05) is 33.8 Å². The summed E-state index contributed by atoms with van der Waals surface area (Å²) >= 11 is 0. The number of sulfonamides is 1. The van der Waals surface area contributed by atoms with Crippen molar-refractivity contribution in [3.63, 3.8) is 0 Å². The van der Waals surface area contributed by atoms with Crippen LogP contribution in [-0.2, 0) is 16.6 Å². The van der Waals surface area contributed by atoms with Gasteiger partial charge < -0.3 is 4.74 Å². The van der Waals surface area contributed by atoms with E-state index >= 15 is 0 Å². The molecule has 0 bridgehead atoms. The molecule has 0 radical (unpaired) electrons. The lowest BCUT2D eigenvalue weighted by atomic mass is 10.1. The highest BCUT2D eigenvalue weighted by Crippen LogP contribution is 2.27. The van der Waals surface area contributed by atoms with E-state index in [0.29, 0.717) is 12.3 Å². The first kappa shape index (κ1) is 17.5. The van der Waals surface area contributed by atoms with Gasteiger partial charge in [0.2, 0.25) is 10.0 Å². The van der Waals surface area contributed by atoms with E-state index in [2.05, 4.69) is 9.82 Å². The van der Waals surface area contributed by atoms with Gasteiger partial charge in [-0.2, -0.15) is 5.10 Å². The molecule has 0 aliphatic heterocycles. The Labute approximate surface area is 137 Å². The van der Waals surface area contributed by atoms with Crippen LogP contribution >= 0.6 is 0 Å². The first-order chi connectivity index (χ1) is 10.7. The zero-order valence-electron chi connectivity index (χ0n) is 14.2. The van der Waals surface area contributed by atoms with E-state index in [1.54, 1.807) is 16.8 Å². The summed E-state index contributed by atoms with van der Waals surface area (Å²) in [7, 11) is -2.16. The quantitative estimate of drug-likeness (QED) is 0.876. The van der Waals surface area contributed by atoms with Crippen LogP contribution in [0.5, 0.6) is 5.75 Å². The Hall–Kier alpha value is -1.86. The second kappa shape index (κ2) is 6.72. The van der Waals surface area contributed by atoms with Crippen LogP contribution in [0.3, 0.4) is 0 Å². The highest BCUT2D eigenvalue weighted by Gasteiger charge is 2.20.